The van der Waals surface area contributed by atoms with Crippen molar-refractivity contribution < 1.29 is 9.53 Å². The van der Waals surface area contributed by atoms with Gasteiger partial charge in [0.2, 0.25) is 0 Å². The molecule has 2 rings (SSSR count). The third-order valence-electron chi connectivity index (χ3n) is 3.01. The second kappa shape index (κ2) is 7.57. The second-order valence-corrected chi connectivity index (χ2v) is 6.68. The molecule has 1 aromatic carbocycles. The van der Waals surface area contributed by atoms with Gasteiger partial charge >= 0.3 is 0 Å². The van der Waals surface area contributed by atoms with Gasteiger partial charge in [-0.2, -0.15) is 0 Å². The molecular weight excluding hydrogens is 348 g/mol. The maximum atomic E-state index is 12.2. The van der Waals surface area contributed by atoms with Gasteiger partial charge in [0, 0.05) is 14.9 Å². The minimum absolute atomic E-state index is 0.0318. The molecule has 2 aromatic rings. The van der Waals surface area contributed by atoms with E-state index in [-0.39, 0.29) is 5.78 Å². The molecular formula is C17H17BrO2S. The quantitative estimate of drug-likeness (QED) is 0.508. The van der Waals surface area contributed by atoms with Crippen molar-refractivity contribution in [1.82, 2.24) is 0 Å². The van der Waals surface area contributed by atoms with Gasteiger partial charge in [-0.3, -0.25) is 4.79 Å². The van der Waals surface area contributed by atoms with Crippen LogP contribution in [-0.4, -0.2) is 12.9 Å². The second-order valence-electron chi connectivity index (χ2n) is 4.60. The van der Waals surface area contributed by atoms with Crippen molar-refractivity contribution in [3.05, 3.63) is 56.2 Å². The van der Waals surface area contributed by atoms with E-state index in [9.17, 15) is 4.79 Å². The first-order chi connectivity index (χ1) is 10.1. The molecule has 110 valence electrons. The fourth-order valence-corrected chi connectivity index (χ4v) is 3.38. The van der Waals surface area contributed by atoms with Crippen molar-refractivity contribution in [3.8, 4) is 5.75 Å². The lowest BCUT2D eigenvalue weighted by molar-refractivity contribution is 0.105. The minimum Gasteiger partial charge on any atom is -0.496 e. The van der Waals surface area contributed by atoms with Gasteiger partial charge in [-0.15, -0.1) is 11.3 Å². The standard InChI is InChI=1S/C17H17BrO2S/c1-3-4-14-7-10-17(21-14)15(19)8-5-12-11-13(18)6-9-16(12)20-2/h5-11H,3-4H2,1-2H3/b8-5+. The molecule has 4 heteroatoms. The fraction of sp³-hybridized carbons (Fsp3) is 0.235. The first-order valence-corrected chi connectivity index (χ1v) is 8.39. The topological polar surface area (TPSA) is 26.3 Å². The normalized spacial score (nSPS) is 11.0. The number of allylic oxidation sites excluding steroid dienone is 1. The summed E-state index contributed by atoms with van der Waals surface area (Å²) in [6.07, 6.45) is 5.53. The molecule has 21 heavy (non-hydrogen) atoms. The van der Waals surface area contributed by atoms with Crippen LogP contribution in [-0.2, 0) is 6.42 Å². The van der Waals surface area contributed by atoms with Crippen LogP contribution in [0.4, 0.5) is 0 Å². The molecule has 0 amide bonds. The lowest BCUT2D eigenvalue weighted by atomic mass is 10.1. The Morgan fingerprint density at radius 3 is 2.86 bits per heavy atom. The minimum atomic E-state index is 0.0318. The number of rotatable bonds is 6. The van der Waals surface area contributed by atoms with Gasteiger partial charge in [-0.05, 0) is 48.9 Å². The molecule has 0 saturated carbocycles. The maximum absolute atomic E-state index is 12.2. The maximum Gasteiger partial charge on any atom is 0.195 e. The zero-order chi connectivity index (χ0) is 15.2. The van der Waals surface area contributed by atoms with Crippen LogP contribution >= 0.6 is 27.3 Å². The highest BCUT2D eigenvalue weighted by Gasteiger charge is 2.07. The van der Waals surface area contributed by atoms with E-state index in [2.05, 4.69) is 22.9 Å². The van der Waals surface area contributed by atoms with Crippen molar-refractivity contribution in [2.45, 2.75) is 19.8 Å². The fourth-order valence-electron chi connectivity index (χ4n) is 1.97. The molecule has 0 radical (unpaired) electrons. The molecule has 0 atom stereocenters. The van der Waals surface area contributed by atoms with E-state index in [1.807, 2.05) is 30.3 Å². The van der Waals surface area contributed by atoms with E-state index in [4.69, 9.17) is 4.74 Å². The van der Waals surface area contributed by atoms with E-state index in [0.29, 0.717) is 0 Å². The Bertz CT molecular complexity index is 659. The van der Waals surface area contributed by atoms with Crippen LogP contribution < -0.4 is 4.74 Å². The van der Waals surface area contributed by atoms with Crippen molar-refractivity contribution >= 4 is 39.1 Å². The first kappa shape index (κ1) is 16.0. The average molecular weight is 365 g/mol. The number of benzene rings is 1. The zero-order valence-corrected chi connectivity index (χ0v) is 14.5. The summed E-state index contributed by atoms with van der Waals surface area (Å²) >= 11 is 5.00. The third kappa shape index (κ3) is 4.29. The SMILES string of the molecule is CCCc1ccc(C(=O)/C=C/c2cc(Br)ccc2OC)s1. The van der Waals surface area contributed by atoms with Crippen LogP contribution in [0.25, 0.3) is 6.08 Å². The molecule has 0 aliphatic rings. The van der Waals surface area contributed by atoms with Crippen molar-refractivity contribution in [2.24, 2.45) is 0 Å². The smallest absolute Gasteiger partial charge is 0.195 e. The van der Waals surface area contributed by atoms with Crippen LogP contribution in [0, 0.1) is 0 Å². The molecule has 0 bridgehead atoms. The van der Waals surface area contributed by atoms with Gasteiger partial charge in [0.05, 0.1) is 12.0 Å². The molecule has 0 N–H and O–H groups in total. The molecule has 0 fully saturated rings. The number of ether oxygens (including phenoxy) is 1. The molecule has 1 aromatic heterocycles. The summed E-state index contributed by atoms with van der Waals surface area (Å²) in [6, 6.07) is 9.65. The highest BCUT2D eigenvalue weighted by atomic mass is 79.9. The summed E-state index contributed by atoms with van der Waals surface area (Å²) in [5, 5.41) is 0. The number of hydrogen-bond donors (Lipinski definition) is 0. The Labute approximate surface area is 137 Å². The predicted octanol–water partition coefficient (Wildman–Crippen LogP) is 5.37. The van der Waals surface area contributed by atoms with E-state index in [1.165, 1.54) is 4.88 Å². The lowest BCUT2D eigenvalue weighted by Gasteiger charge is -2.04. The van der Waals surface area contributed by atoms with Gasteiger partial charge in [0.15, 0.2) is 5.78 Å². The van der Waals surface area contributed by atoms with Crippen LogP contribution in [0.1, 0.15) is 33.5 Å². The largest absolute Gasteiger partial charge is 0.496 e. The number of carbonyl (C=O) groups excluding carboxylic acids is 1. The molecule has 0 saturated heterocycles. The average Bonchev–Trinajstić information content (AvgIpc) is 2.94. The summed E-state index contributed by atoms with van der Waals surface area (Å²) in [5.74, 6) is 0.782. The first-order valence-electron chi connectivity index (χ1n) is 6.78. The van der Waals surface area contributed by atoms with Crippen LogP contribution in [0.2, 0.25) is 0 Å². The lowest BCUT2D eigenvalue weighted by Crippen LogP contribution is -1.90. The zero-order valence-electron chi connectivity index (χ0n) is 12.1. The van der Waals surface area contributed by atoms with Crippen LogP contribution in [0.15, 0.2) is 40.9 Å². The highest BCUT2D eigenvalue weighted by molar-refractivity contribution is 9.10. The number of aryl methyl sites for hydroxylation is 1. The Morgan fingerprint density at radius 1 is 1.33 bits per heavy atom. The van der Waals surface area contributed by atoms with Crippen LogP contribution in [0.3, 0.4) is 0 Å². The summed E-state index contributed by atoms with van der Waals surface area (Å²) in [6.45, 7) is 2.14. The van der Waals surface area contributed by atoms with Crippen molar-refractivity contribution in [1.29, 1.82) is 0 Å². The van der Waals surface area contributed by atoms with Gasteiger partial charge < -0.3 is 4.74 Å². The highest BCUT2D eigenvalue weighted by Crippen LogP contribution is 2.25. The summed E-state index contributed by atoms with van der Waals surface area (Å²) in [7, 11) is 1.62. The number of carbonyl (C=O) groups is 1. The number of ketones is 1. The van der Waals surface area contributed by atoms with Gasteiger partial charge in [0.1, 0.15) is 5.75 Å². The summed E-state index contributed by atoms with van der Waals surface area (Å²) in [4.78, 5) is 14.2. The predicted molar refractivity (Wildman–Crippen MR) is 92.4 cm³/mol. The van der Waals surface area contributed by atoms with Gasteiger partial charge in [-0.1, -0.05) is 29.3 Å². The monoisotopic (exact) mass is 364 g/mol. The Balaban J connectivity index is 2.16. The molecule has 0 spiro atoms. The van der Waals surface area contributed by atoms with Gasteiger partial charge in [-0.25, -0.2) is 0 Å². The Hall–Kier alpha value is -1.39. The summed E-state index contributed by atoms with van der Waals surface area (Å²) in [5.41, 5.74) is 0.880. The third-order valence-corrected chi connectivity index (χ3v) is 4.66. The van der Waals surface area contributed by atoms with Crippen LogP contribution in [0.5, 0.6) is 5.75 Å². The van der Waals surface area contributed by atoms with E-state index in [1.54, 1.807) is 30.6 Å². The number of halogens is 1. The molecule has 1 heterocycles. The number of methoxy groups -OCH3 is 1. The molecule has 0 unspecified atom stereocenters. The van der Waals surface area contributed by atoms with E-state index < -0.39 is 0 Å². The van der Waals surface area contributed by atoms with Crippen molar-refractivity contribution in [3.63, 3.8) is 0 Å². The van der Waals surface area contributed by atoms with Gasteiger partial charge in [0.25, 0.3) is 0 Å². The molecule has 0 aliphatic carbocycles. The Morgan fingerprint density at radius 2 is 2.14 bits per heavy atom. The van der Waals surface area contributed by atoms with Crippen molar-refractivity contribution in [2.75, 3.05) is 7.11 Å². The number of hydrogen-bond acceptors (Lipinski definition) is 3. The number of thiophene rings is 1. The molecule has 0 aliphatic heterocycles. The van der Waals surface area contributed by atoms with E-state index in [0.717, 1.165) is 33.5 Å². The summed E-state index contributed by atoms with van der Waals surface area (Å²) < 4.78 is 6.25. The van der Waals surface area contributed by atoms with E-state index >= 15 is 0 Å². The Kier molecular flexibility index (Phi) is 5.76. The molecule has 2 nitrogen and oxygen atoms in total.